The lowest BCUT2D eigenvalue weighted by molar-refractivity contribution is -0.137. The first kappa shape index (κ1) is 18.7. The number of nitrogens with zero attached hydrogens (tertiary/aromatic N) is 2. The van der Waals surface area contributed by atoms with Crippen molar-refractivity contribution in [2.45, 2.75) is 6.18 Å². The molecule has 0 fully saturated rings. The first-order valence-electron chi connectivity index (χ1n) is 8.78. The number of fused-ring (bicyclic) bond motifs is 1. The molecule has 1 heterocycles. The molecule has 4 aromatic rings. The summed E-state index contributed by atoms with van der Waals surface area (Å²) in [5.74, 6) is 0.973. The van der Waals surface area contributed by atoms with Crippen LogP contribution in [0.5, 0.6) is 5.88 Å². The third-order valence-electron chi connectivity index (χ3n) is 4.35. The monoisotopic (exact) mass is 392 g/mol. The number of benzene rings is 3. The number of rotatable bonds is 4. The summed E-state index contributed by atoms with van der Waals surface area (Å²) in [4.78, 5) is 9.10. The largest absolute Gasteiger partial charge is 0.438 e. The van der Waals surface area contributed by atoms with Gasteiger partial charge in [0.25, 0.3) is 0 Å². The summed E-state index contributed by atoms with van der Waals surface area (Å²) in [5, 5.41) is 0.681. The molecule has 3 nitrogen and oxygen atoms in total. The van der Waals surface area contributed by atoms with Crippen molar-refractivity contribution < 1.29 is 17.9 Å². The normalized spacial score (nSPS) is 11.4. The lowest BCUT2D eigenvalue weighted by atomic mass is 10.1. The van der Waals surface area contributed by atoms with Gasteiger partial charge in [-0.15, -0.1) is 0 Å². The van der Waals surface area contributed by atoms with Crippen molar-refractivity contribution in [1.29, 1.82) is 0 Å². The van der Waals surface area contributed by atoms with Crippen LogP contribution in [0.4, 0.5) is 13.2 Å². The van der Waals surface area contributed by atoms with Crippen molar-refractivity contribution in [1.82, 2.24) is 9.97 Å². The first-order chi connectivity index (χ1) is 13.9. The number of halogens is 3. The van der Waals surface area contributed by atoms with Gasteiger partial charge in [0.15, 0.2) is 5.82 Å². The Hall–Kier alpha value is -3.67. The van der Waals surface area contributed by atoms with Gasteiger partial charge in [-0.1, -0.05) is 61.2 Å². The predicted molar refractivity (Wildman–Crippen MR) is 106 cm³/mol. The lowest BCUT2D eigenvalue weighted by Gasteiger charge is -2.13. The minimum atomic E-state index is -4.39. The number of hydrogen-bond donors (Lipinski definition) is 0. The molecule has 6 heteroatoms. The van der Waals surface area contributed by atoms with Crippen molar-refractivity contribution in [2.75, 3.05) is 0 Å². The van der Waals surface area contributed by atoms with Crippen LogP contribution < -0.4 is 4.74 Å². The fourth-order valence-corrected chi connectivity index (χ4v) is 2.86. The zero-order valence-electron chi connectivity index (χ0n) is 15.1. The molecule has 1 aromatic heterocycles. The maximum absolute atomic E-state index is 12.8. The lowest BCUT2D eigenvalue weighted by Crippen LogP contribution is -2.05. The molecule has 0 aliphatic heterocycles. The first-order valence-corrected chi connectivity index (χ1v) is 8.78. The number of aromatic nitrogens is 2. The molecule has 29 heavy (non-hydrogen) atoms. The van der Waals surface area contributed by atoms with Gasteiger partial charge in [-0.05, 0) is 24.3 Å². The van der Waals surface area contributed by atoms with Gasteiger partial charge < -0.3 is 4.74 Å². The highest BCUT2D eigenvalue weighted by Gasteiger charge is 2.30. The molecule has 0 atom stereocenters. The van der Waals surface area contributed by atoms with Crippen molar-refractivity contribution in [3.63, 3.8) is 0 Å². The second-order valence-electron chi connectivity index (χ2n) is 6.34. The summed E-state index contributed by atoms with van der Waals surface area (Å²) in [7, 11) is 0. The quantitative estimate of drug-likeness (QED) is 0.379. The highest BCUT2D eigenvalue weighted by molar-refractivity contribution is 5.86. The Morgan fingerprint density at radius 3 is 2.14 bits per heavy atom. The molecule has 3 aromatic carbocycles. The van der Waals surface area contributed by atoms with Crippen molar-refractivity contribution in [2.24, 2.45) is 0 Å². The Kier molecular flexibility index (Phi) is 4.76. The van der Waals surface area contributed by atoms with Crippen LogP contribution in [0.2, 0.25) is 0 Å². The van der Waals surface area contributed by atoms with Crippen LogP contribution in [-0.4, -0.2) is 9.97 Å². The summed E-state index contributed by atoms with van der Waals surface area (Å²) in [5.41, 5.74) is 1.22. The maximum atomic E-state index is 12.8. The Morgan fingerprint density at radius 1 is 0.793 bits per heavy atom. The molecule has 0 N–H and O–H groups in total. The molecular formula is C23H15F3N2O. The fraction of sp³-hybridized carbons (Fsp3) is 0.0435. The Balaban J connectivity index is 1.71. The molecule has 0 aliphatic rings. The molecule has 0 spiro atoms. The summed E-state index contributed by atoms with van der Waals surface area (Å²) in [6.07, 6.45) is -4.39. The van der Waals surface area contributed by atoms with E-state index in [1.165, 1.54) is 12.1 Å². The van der Waals surface area contributed by atoms with E-state index in [4.69, 9.17) is 4.74 Å². The second kappa shape index (κ2) is 7.39. The van der Waals surface area contributed by atoms with Crippen LogP contribution >= 0.6 is 0 Å². The summed E-state index contributed by atoms with van der Waals surface area (Å²) < 4.78 is 44.2. The number of ether oxygens (including phenoxy) is 1. The van der Waals surface area contributed by atoms with Crippen LogP contribution in [0.3, 0.4) is 0 Å². The fourth-order valence-electron chi connectivity index (χ4n) is 2.86. The second-order valence-corrected chi connectivity index (χ2v) is 6.34. The van der Waals surface area contributed by atoms with Crippen LogP contribution in [0, 0.1) is 0 Å². The zero-order chi connectivity index (χ0) is 20.4. The van der Waals surface area contributed by atoms with Crippen molar-refractivity contribution >= 4 is 16.7 Å². The van der Waals surface area contributed by atoms with Gasteiger partial charge in [0.1, 0.15) is 5.76 Å². The van der Waals surface area contributed by atoms with Crippen LogP contribution in [-0.2, 0) is 6.18 Å². The van der Waals surface area contributed by atoms with E-state index in [1.807, 2.05) is 54.6 Å². The molecule has 4 rings (SSSR count). The van der Waals surface area contributed by atoms with Crippen LogP contribution in [0.25, 0.3) is 28.0 Å². The van der Waals surface area contributed by atoms with Gasteiger partial charge in [-0.25, -0.2) is 4.98 Å². The van der Waals surface area contributed by atoms with E-state index < -0.39 is 11.7 Å². The van der Waals surface area contributed by atoms with E-state index in [-0.39, 0.29) is 5.76 Å². The Labute approximate surface area is 165 Å². The van der Waals surface area contributed by atoms with Crippen LogP contribution in [0.15, 0.2) is 85.4 Å². The maximum Gasteiger partial charge on any atom is 0.416 e. The van der Waals surface area contributed by atoms with Gasteiger partial charge in [0, 0.05) is 11.1 Å². The topological polar surface area (TPSA) is 35.0 Å². The average molecular weight is 392 g/mol. The molecule has 0 aliphatic carbocycles. The van der Waals surface area contributed by atoms with E-state index >= 15 is 0 Å². The van der Waals surface area contributed by atoms with Gasteiger partial charge in [0.05, 0.1) is 16.5 Å². The van der Waals surface area contributed by atoms with Gasteiger partial charge in [-0.2, -0.15) is 18.2 Å². The minimum Gasteiger partial charge on any atom is -0.438 e. The van der Waals surface area contributed by atoms with E-state index in [2.05, 4.69) is 16.5 Å². The van der Waals surface area contributed by atoms with Crippen LogP contribution in [0.1, 0.15) is 11.1 Å². The van der Waals surface area contributed by atoms with Gasteiger partial charge in [0.2, 0.25) is 5.88 Å². The Bertz CT molecular complexity index is 1170. The highest BCUT2D eigenvalue weighted by atomic mass is 19.4. The molecule has 144 valence electrons. The number of hydrogen-bond acceptors (Lipinski definition) is 3. The minimum absolute atomic E-state index is 0.196. The summed E-state index contributed by atoms with van der Waals surface area (Å²) >= 11 is 0. The molecule has 0 amide bonds. The smallest absolute Gasteiger partial charge is 0.416 e. The van der Waals surface area contributed by atoms with E-state index in [1.54, 1.807) is 0 Å². The molecular weight excluding hydrogens is 377 g/mol. The number of alkyl halides is 3. The standard InChI is InChI=1S/C23H15F3N2O/c1-15(16-11-13-18(14-12-16)23(24,25)26)29-22-19-9-5-6-10-20(19)27-21(28-22)17-7-3-2-4-8-17/h2-14H,1H2. The van der Waals surface area contributed by atoms with E-state index in [0.29, 0.717) is 28.2 Å². The third-order valence-corrected chi connectivity index (χ3v) is 4.35. The Morgan fingerprint density at radius 2 is 1.45 bits per heavy atom. The van der Waals surface area contributed by atoms with Crippen molar-refractivity contribution in [3.05, 3.63) is 96.6 Å². The van der Waals surface area contributed by atoms with E-state index in [0.717, 1.165) is 17.7 Å². The highest BCUT2D eigenvalue weighted by Crippen LogP contribution is 2.32. The SMILES string of the molecule is C=C(Oc1nc(-c2ccccc2)nc2ccccc12)c1ccc(C(F)(F)F)cc1. The third kappa shape index (κ3) is 3.96. The van der Waals surface area contributed by atoms with Gasteiger partial charge in [-0.3, -0.25) is 0 Å². The molecule has 0 radical (unpaired) electrons. The van der Waals surface area contributed by atoms with E-state index in [9.17, 15) is 13.2 Å². The zero-order valence-corrected chi connectivity index (χ0v) is 15.1. The van der Waals surface area contributed by atoms with Crippen molar-refractivity contribution in [3.8, 4) is 17.3 Å². The summed E-state index contributed by atoms with van der Waals surface area (Å²) in [6, 6.07) is 21.4. The predicted octanol–water partition coefficient (Wildman–Crippen LogP) is 6.37. The molecule has 0 unspecified atom stereocenters. The molecule has 0 saturated heterocycles. The summed E-state index contributed by atoms with van der Waals surface area (Å²) in [6.45, 7) is 3.86. The molecule has 0 bridgehead atoms. The molecule has 0 saturated carbocycles. The average Bonchev–Trinajstić information content (AvgIpc) is 2.73. The number of para-hydroxylation sites is 1. The van der Waals surface area contributed by atoms with Gasteiger partial charge >= 0.3 is 6.18 Å².